The molecule has 0 unspecified atom stereocenters. The highest BCUT2D eigenvalue weighted by Crippen LogP contribution is 2.36. The third kappa shape index (κ3) is 2.19. The highest BCUT2D eigenvalue weighted by molar-refractivity contribution is 5.36. The number of pyridine rings is 1. The van der Waals surface area contributed by atoms with Gasteiger partial charge in [-0.1, -0.05) is 6.07 Å². The van der Waals surface area contributed by atoms with Crippen LogP contribution in [-0.2, 0) is 13.6 Å². The molecule has 2 aliphatic heterocycles. The Balaban J connectivity index is 1.69. The van der Waals surface area contributed by atoms with Gasteiger partial charge in [-0.3, -0.25) is 4.79 Å². The summed E-state index contributed by atoms with van der Waals surface area (Å²) in [7, 11) is 1.66. The van der Waals surface area contributed by atoms with Crippen molar-refractivity contribution >= 4 is 11.9 Å². The van der Waals surface area contributed by atoms with Crippen LogP contribution in [0.4, 0.5) is 11.9 Å². The van der Waals surface area contributed by atoms with E-state index in [2.05, 4.69) is 10.1 Å². The first kappa shape index (κ1) is 13.9. The van der Waals surface area contributed by atoms with Crippen LogP contribution in [0, 0.1) is 16.0 Å². The number of aromatic nitrogens is 4. The molecule has 0 N–H and O–H groups in total. The minimum absolute atomic E-state index is 0.0416. The van der Waals surface area contributed by atoms with E-state index in [0.29, 0.717) is 25.0 Å². The lowest BCUT2D eigenvalue weighted by Crippen LogP contribution is -2.47. The zero-order valence-electron chi connectivity index (χ0n) is 12.6. The number of fused-ring (bicyclic) bond motifs is 4. The summed E-state index contributed by atoms with van der Waals surface area (Å²) in [4.78, 5) is 28.4. The van der Waals surface area contributed by atoms with Crippen LogP contribution < -0.4 is 10.5 Å². The molecule has 9 nitrogen and oxygen atoms in total. The molecule has 23 heavy (non-hydrogen) atoms. The van der Waals surface area contributed by atoms with E-state index in [0.717, 1.165) is 18.7 Å². The van der Waals surface area contributed by atoms with Gasteiger partial charge >= 0.3 is 11.9 Å². The smallest absolute Gasteiger partial charge is 0.390 e. The molecule has 0 spiro atoms. The Morgan fingerprint density at radius 1 is 1.30 bits per heavy atom. The van der Waals surface area contributed by atoms with Gasteiger partial charge in [0.15, 0.2) is 0 Å². The topological polar surface area (TPSA) is 99.1 Å². The van der Waals surface area contributed by atoms with Gasteiger partial charge in [0.05, 0.1) is 0 Å². The summed E-state index contributed by atoms with van der Waals surface area (Å²) in [6.07, 6.45) is 1.03. The molecule has 0 aliphatic carbocycles. The third-order valence-corrected chi connectivity index (χ3v) is 4.65. The second-order valence-electron chi connectivity index (χ2n) is 6.20. The fourth-order valence-electron chi connectivity index (χ4n) is 3.78. The molecule has 9 heteroatoms. The first-order valence-electron chi connectivity index (χ1n) is 7.53. The Morgan fingerprint density at radius 3 is 2.87 bits per heavy atom. The normalized spacial score (nSPS) is 22.7. The molecule has 0 aromatic carbocycles. The molecule has 4 rings (SSSR count). The molecule has 120 valence electrons. The maximum atomic E-state index is 12.0. The Labute approximate surface area is 131 Å². The summed E-state index contributed by atoms with van der Waals surface area (Å²) < 4.78 is 3.31. The van der Waals surface area contributed by atoms with Crippen molar-refractivity contribution in [3.05, 3.63) is 44.4 Å². The Kier molecular flexibility index (Phi) is 2.97. The second kappa shape index (κ2) is 4.90. The zero-order chi connectivity index (χ0) is 16.1. The Hall–Kier alpha value is -2.71. The summed E-state index contributed by atoms with van der Waals surface area (Å²) in [6, 6.07) is 5.37. The van der Waals surface area contributed by atoms with Crippen LogP contribution in [0.15, 0.2) is 23.0 Å². The van der Waals surface area contributed by atoms with Crippen molar-refractivity contribution in [1.29, 1.82) is 0 Å². The van der Waals surface area contributed by atoms with Gasteiger partial charge in [0.1, 0.15) is 0 Å². The van der Waals surface area contributed by atoms with Crippen LogP contribution in [0.5, 0.6) is 0 Å². The monoisotopic (exact) mass is 316 g/mol. The highest BCUT2D eigenvalue weighted by Gasteiger charge is 2.37. The van der Waals surface area contributed by atoms with Crippen molar-refractivity contribution < 1.29 is 4.92 Å². The molecule has 2 aromatic heterocycles. The van der Waals surface area contributed by atoms with Gasteiger partial charge in [0.2, 0.25) is 0 Å². The quantitative estimate of drug-likeness (QED) is 0.591. The molecule has 2 aliphatic rings. The predicted octanol–water partition coefficient (Wildman–Crippen LogP) is 0.509. The average molecular weight is 316 g/mol. The summed E-state index contributed by atoms with van der Waals surface area (Å²) in [5, 5.41) is 14.7. The van der Waals surface area contributed by atoms with Crippen LogP contribution in [0.2, 0.25) is 0 Å². The predicted molar refractivity (Wildman–Crippen MR) is 81.4 cm³/mol. The molecular formula is C14H16N6O3. The van der Waals surface area contributed by atoms with E-state index >= 15 is 0 Å². The number of anilines is 1. The minimum Gasteiger partial charge on any atom is -0.390 e. The lowest BCUT2D eigenvalue weighted by Gasteiger charge is -2.42. The molecule has 2 atom stereocenters. The van der Waals surface area contributed by atoms with Crippen LogP contribution in [0.1, 0.15) is 18.0 Å². The number of hydrogen-bond donors (Lipinski definition) is 0. The maximum Gasteiger partial charge on any atom is 0.493 e. The van der Waals surface area contributed by atoms with E-state index in [1.54, 1.807) is 19.2 Å². The largest absolute Gasteiger partial charge is 0.493 e. The van der Waals surface area contributed by atoms with Crippen molar-refractivity contribution in [2.45, 2.75) is 18.9 Å². The number of hydrogen-bond acceptors (Lipinski definition) is 6. The first-order chi connectivity index (χ1) is 11.0. The van der Waals surface area contributed by atoms with E-state index in [1.165, 1.54) is 4.68 Å². The van der Waals surface area contributed by atoms with Crippen LogP contribution >= 0.6 is 0 Å². The van der Waals surface area contributed by atoms with Crippen molar-refractivity contribution in [2.75, 3.05) is 18.0 Å². The van der Waals surface area contributed by atoms with Crippen molar-refractivity contribution in [2.24, 2.45) is 13.0 Å². The van der Waals surface area contributed by atoms with Gasteiger partial charge in [-0.25, -0.2) is 0 Å². The zero-order valence-corrected chi connectivity index (χ0v) is 12.6. The average Bonchev–Trinajstić information content (AvgIpc) is 2.90. The van der Waals surface area contributed by atoms with E-state index < -0.39 is 4.92 Å². The molecule has 1 fully saturated rings. The maximum absolute atomic E-state index is 12.0. The van der Waals surface area contributed by atoms with E-state index in [4.69, 9.17) is 0 Å². The lowest BCUT2D eigenvalue weighted by molar-refractivity contribution is -0.394. The van der Waals surface area contributed by atoms with E-state index in [-0.39, 0.29) is 17.4 Å². The molecule has 0 amide bonds. The minimum atomic E-state index is -0.580. The molecule has 2 aromatic rings. The molecule has 0 radical (unpaired) electrons. The van der Waals surface area contributed by atoms with Gasteiger partial charge in [-0.05, 0) is 28.3 Å². The van der Waals surface area contributed by atoms with Gasteiger partial charge < -0.3 is 19.6 Å². The van der Waals surface area contributed by atoms with Crippen molar-refractivity contribution in [1.82, 2.24) is 19.3 Å². The van der Waals surface area contributed by atoms with E-state index in [9.17, 15) is 14.9 Å². The first-order valence-corrected chi connectivity index (χ1v) is 7.53. The standard InChI is InChI=1S/C14H16N6O3/c1-17-14(15-13(16-17)20(22)23)18-6-9-5-10(8-18)11-3-2-4-12(21)19(11)7-9/h2-4,9-10H,5-8H2,1H3/t9-,10+/m1/s1. The molecule has 2 bridgehead atoms. The lowest BCUT2D eigenvalue weighted by atomic mass is 9.83. The Morgan fingerprint density at radius 2 is 2.13 bits per heavy atom. The number of aryl methyl sites for hydroxylation is 1. The van der Waals surface area contributed by atoms with Crippen molar-refractivity contribution in [3.63, 3.8) is 0 Å². The molecular weight excluding hydrogens is 300 g/mol. The third-order valence-electron chi connectivity index (χ3n) is 4.65. The summed E-state index contributed by atoms with van der Waals surface area (Å²) in [6.45, 7) is 2.09. The van der Waals surface area contributed by atoms with E-state index in [1.807, 2.05) is 15.5 Å². The summed E-state index contributed by atoms with van der Waals surface area (Å²) >= 11 is 0. The second-order valence-corrected chi connectivity index (χ2v) is 6.20. The number of rotatable bonds is 2. The number of nitrogens with zero attached hydrogens (tertiary/aromatic N) is 6. The molecule has 1 saturated heterocycles. The van der Waals surface area contributed by atoms with Gasteiger partial charge in [-0.15, -0.1) is 0 Å². The SMILES string of the molecule is Cn1nc([N+](=O)[O-])nc1N1C[C@H]2C[C@@H](C1)c1cccc(=O)n1C2. The van der Waals surface area contributed by atoms with Gasteiger partial charge in [0, 0.05) is 49.5 Å². The number of nitro groups is 1. The fraction of sp³-hybridized carbons (Fsp3) is 0.500. The van der Waals surface area contributed by atoms with Crippen molar-refractivity contribution in [3.8, 4) is 0 Å². The molecule has 0 saturated carbocycles. The summed E-state index contributed by atoms with van der Waals surface area (Å²) in [5.74, 6) is 0.692. The summed E-state index contributed by atoms with van der Waals surface area (Å²) in [5.41, 5.74) is 1.08. The highest BCUT2D eigenvalue weighted by atomic mass is 16.6. The van der Waals surface area contributed by atoms with Gasteiger partial charge in [0.25, 0.3) is 5.56 Å². The number of piperidine rings is 1. The van der Waals surface area contributed by atoms with Crippen LogP contribution in [-0.4, -0.2) is 37.3 Å². The van der Waals surface area contributed by atoms with Crippen LogP contribution in [0.25, 0.3) is 0 Å². The molecule has 4 heterocycles. The van der Waals surface area contributed by atoms with Crippen LogP contribution in [0.3, 0.4) is 0 Å². The Bertz CT molecular complexity index is 841. The van der Waals surface area contributed by atoms with Gasteiger partial charge in [-0.2, -0.15) is 4.68 Å². The fourth-order valence-corrected chi connectivity index (χ4v) is 3.78.